The molecule has 1 amide bonds. The molecule has 1 unspecified atom stereocenters. The van der Waals surface area contributed by atoms with Crippen LogP contribution < -0.4 is 9.80 Å². The van der Waals surface area contributed by atoms with Gasteiger partial charge in [0.15, 0.2) is 5.69 Å². The molecule has 2 aliphatic heterocycles. The van der Waals surface area contributed by atoms with E-state index in [-0.39, 0.29) is 17.6 Å². The first-order valence-electron chi connectivity index (χ1n) is 9.19. The Morgan fingerprint density at radius 1 is 0.963 bits per heavy atom. The lowest BCUT2D eigenvalue weighted by Crippen LogP contribution is -2.52. The minimum atomic E-state index is -1.02. The van der Waals surface area contributed by atoms with E-state index < -0.39 is 5.97 Å². The van der Waals surface area contributed by atoms with Crippen molar-refractivity contribution in [3.05, 3.63) is 54.2 Å². The molecule has 7 heteroatoms. The van der Waals surface area contributed by atoms with Gasteiger partial charge in [0.25, 0.3) is 0 Å². The summed E-state index contributed by atoms with van der Waals surface area (Å²) in [5, 5.41) is 9.11. The molecular formula is C20H22N4O3. The van der Waals surface area contributed by atoms with E-state index >= 15 is 0 Å². The van der Waals surface area contributed by atoms with Crippen LogP contribution in [0.15, 0.2) is 48.5 Å². The average Bonchev–Trinajstić information content (AvgIpc) is 3.10. The molecule has 0 radical (unpaired) electrons. The summed E-state index contributed by atoms with van der Waals surface area (Å²) in [6, 6.07) is 14.8. The van der Waals surface area contributed by atoms with Crippen LogP contribution in [0, 0.1) is 0 Å². The van der Waals surface area contributed by atoms with E-state index in [1.807, 2.05) is 41.3 Å². The highest BCUT2D eigenvalue weighted by Crippen LogP contribution is 2.25. The first-order valence-corrected chi connectivity index (χ1v) is 9.19. The largest absolute Gasteiger partial charge is 0.477 e. The van der Waals surface area contributed by atoms with Crippen LogP contribution in [0.25, 0.3) is 0 Å². The van der Waals surface area contributed by atoms with Crippen LogP contribution in [0.2, 0.25) is 0 Å². The number of nitrogens with zero attached hydrogens (tertiary/aromatic N) is 4. The van der Waals surface area contributed by atoms with E-state index in [1.54, 1.807) is 6.07 Å². The van der Waals surface area contributed by atoms with Gasteiger partial charge in [0.2, 0.25) is 5.91 Å². The van der Waals surface area contributed by atoms with Crippen LogP contribution >= 0.6 is 0 Å². The Labute approximate surface area is 157 Å². The molecule has 1 N–H and O–H groups in total. The van der Waals surface area contributed by atoms with Gasteiger partial charge in [0, 0.05) is 38.4 Å². The normalized spacial score (nSPS) is 20.9. The van der Waals surface area contributed by atoms with E-state index in [0.717, 1.165) is 44.8 Å². The maximum atomic E-state index is 12.9. The summed E-state index contributed by atoms with van der Waals surface area (Å²) in [4.78, 5) is 34.4. The van der Waals surface area contributed by atoms with E-state index in [0.29, 0.717) is 5.82 Å². The number of carbonyl (C=O) groups excluding carboxylic acids is 1. The Morgan fingerprint density at radius 2 is 1.70 bits per heavy atom. The van der Waals surface area contributed by atoms with Gasteiger partial charge in [-0.3, -0.25) is 9.69 Å². The quantitative estimate of drug-likeness (QED) is 0.888. The molecule has 2 aliphatic rings. The number of rotatable bonds is 4. The van der Waals surface area contributed by atoms with Crippen molar-refractivity contribution < 1.29 is 14.7 Å². The van der Waals surface area contributed by atoms with Crippen molar-refractivity contribution in [2.45, 2.75) is 12.5 Å². The first-order chi connectivity index (χ1) is 13.1. The third-order valence-electron chi connectivity index (χ3n) is 5.28. The fraction of sp³-hybridized carbons (Fsp3) is 0.350. The van der Waals surface area contributed by atoms with Gasteiger partial charge in [0.05, 0.1) is 6.04 Å². The van der Waals surface area contributed by atoms with Crippen molar-refractivity contribution in [2.75, 3.05) is 42.5 Å². The van der Waals surface area contributed by atoms with E-state index in [4.69, 9.17) is 5.11 Å². The van der Waals surface area contributed by atoms with Crippen LogP contribution in [0.5, 0.6) is 0 Å². The van der Waals surface area contributed by atoms with Gasteiger partial charge in [0.1, 0.15) is 5.82 Å². The number of benzene rings is 1. The molecule has 7 nitrogen and oxygen atoms in total. The van der Waals surface area contributed by atoms with Crippen LogP contribution in [-0.2, 0) is 4.79 Å². The number of para-hydroxylation sites is 1. The van der Waals surface area contributed by atoms with Crippen molar-refractivity contribution in [3.63, 3.8) is 0 Å². The number of hydrogen-bond donors (Lipinski definition) is 1. The number of piperazine rings is 1. The van der Waals surface area contributed by atoms with E-state index in [9.17, 15) is 9.59 Å². The van der Waals surface area contributed by atoms with E-state index in [1.165, 1.54) is 6.07 Å². The Bertz CT molecular complexity index is 834. The molecule has 4 rings (SSSR count). The van der Waals surface area contributed by atoms with Gasteiger partial charge in [-0.25, -0.2) is 9.78 Å². The number of aromatic carboxylic acids is 1. The molecule has 0 bridgehead atoms. The first kappa shape index (κ1) is 17.5. The predicted molar refractivity (Wildman–Crippen MR) is 102 cm³/mol. The molecule has 27 heavy (non-hydrogen) atoms. The van der Waals surface area contributed by atoms with Gasteiger partial charge in [-0.05, 0) is 30.7 Å². The zero-order valence-electron chi connectivity index (χ0n) is 15.0. The highest BCUT2D eigenvalue weighted by atomic mass is 16.4. The number of hydrogen-bond acceptors (Lipinski definition) is 5. The highest BCUT2D eigenvalue weighted by molar-refractivity contribution is 5.99. The van der Waals surface area contributed by atoms with Gasteiger partial charge < -0.3 is 14.9 Å². The van der Waals surface area contributed by atoms with Crippen molar-refractivity contribution in [1.82, 2.24) is 9.88 Å². The maximum Gasteiger partial charge on any atom is 0.354 e. The zero-order valence-corrected chi connectivity index (χ0v) is 15.0. The minimum absolute atomic E-state index is 0.0550. The lowest BCUT2D eigenvalue weighted by Gasteiger charge is -2.37. The Kier molecular flexibility index (Phi) is 4.77. The van der Waals surface area contributed by atoms with Gasteiger partial charge >= 0.3 is 5.97 Å². The molecule has 1 atom stereocenters. The molecule has 0 aliphatic carbocycles. The lowest BCUT2D eigenvalue weighted by molar-refractivity contribution is -0.121. The zero-order chi connectivity index (χ0) is 18.8. The van der Waals surface area contributed by atoms with Crippen molar-refractivity contribution in [3.8, 4) is 0 Å². The summed E-state index contributed by atoms with van der Waals surface area (Å²) < 4.78 is 0. The second-order valence-electron chi connectivity index (χ2n) is 6.84. The molecule has 1 aromatic carbocycles. The van der Waals surface area contributed by atoms with Crippen LogP contribution in [-0.4, -0.2) is 65.6 Å². The van der Waals surface area contributed by atoms with Gasteiger partial charge in [-0.15, -0.1) is 0 Å². The molecule has 1 aromatic heterocycles. The standard InChI is InChI=1S/C20H22N4O3/c25-19-17(9-10-24(19)15-5-2-1-3-6-15)22-11-13-23(14-12-22)18-8-4-7-16(21-18)20(26)27/h1-8,17H,9-14H2,(H,26,27). The van der Waals surface area contributed by atoms with Crippen molar-refractivity contribution in [2.24, 2.45) is 0 Å². The number of amides is 1. The molecule has 140 valence electrons. The summed E-state index contributed by atoms with van der Waals surface area (Å²) >= 11 is 0. The molecule has 2 fully saturated rings. The fourth-order valence-corrected chi connectivity index (χ4v) is 3.85. The second kappa shape index (κ2) is 7.36. The average molecular weight is 366 g/mol. The Balaban J connectivity index is 1.39. The minimum Gasteiger partial charge on any atom is -0.477 e. The summed E-state index contributed by atoms with van der Waals surface area (Å²) in [5.41, 5.74) is 1.01. The maximum absolute atomic E-state index is 12.9. The number of aromatic nitrogens is 1. The summed E-state index contributed by atoms with van der Waals surface area (Å²) in [6.07, 6.45) is 0.834. The Hall–Kier alpha value is -2.93. The van der Waals surface area contributed by atoms with E-state index in [2.05, 4.69) is 14.8 Å². The number of carbonyl (C=O) groups is 2. The second-order valence-corrected chi connectivity index (χ2v) is 6.84. The number of anilines is 2. The van der Waals surface area contributed by atoms with Crippen molar-refractivity contribution in [1.29, 1.82) is 0 Å². The molecular weight excluding hydrogens is 344 g/mol. The van der Waals surface area contributed by atoms with Crippen LogP contribution in [0.1, 0.15) is 16.9 Å². The van der Waals surface area contributed by atoms with Crippen LogP contribution in [0.3, 0.4) is 0 Å². The SMILES string of the molecule is O=C(O)c1cccc(N2CCN(C3CCN(c4ccccc4)C3=O)CC2)n1. The summed E-state index contributed by atoms with van der Waals surface area (Å²) in [5.74, 6) is -0.174. The highest BCUT2D eigenvalue weighted by Gasteiger charge is 2.37. The lowest BCUT2D eigenvalue weighted by atomic mass is 10.1. The monoisotopic (exact) mass is 366 g/mol. The van der Waals surface area contributed by atoms with Crippen LogP contribution in [0.4, 0.5) is 11.5 Å². The molecule has 0 spiro atoms. The third kappa shape index (κ3) is 3.50. The Morgan fingerprint density at radius 3 is 2.41 bits per heavy atom. The predicted octanol–water partition coefficient (Wildman–Crippen LogP) is 1.71. The fourth-order valence-electron chi connectivity index (χ4n) is 3.85. The van der Waals surface area contributed by atoms with Gasteiger partial charge in [-0.1, -0.05) is 24.3 Å². The summed E-state index contributed by atoms with van der Waals surface area (Å²) in [7, 11) is 0. The third-order valence-corrected chi connectivity index (χ3v) is 5.28. The number of carboxylic acids is 1. The molecule has 2 aromatic rings. The smallest absolute Gasteiger partial charge is 0.354 e. The topological polar surface area (TPSA) is 77.0 Å². The molecule has 0 saturated carbocycles. The summed E-state index contributed by atoms with van der Waals surface area (Å²) in [6.45, 7) is 3.72. The number of carboxylic acid groups (broad SMARTS) is 1. The molecule has 2 saturated heterocycles. The van der Waals surface area contributed by atoms with Crippen molar-refractivity contribution >= 4 is 23.4 Å². The molecule has 3 heterocycles. The van der Waals surface area contributed by atoms with Gasteiger partial charge in [-0.2, -0.15) is 0 Å². The number of pyridine rings is 1.